The molecule has 1 aliphatic rings. The number of rotatable bonds is 3. The van der Waals surface area contributed by atoms with Crippen LogP contribution in [0.2, 0.25) is 0 Å². The summed E-state index contributed by atoms with van der Waals surface area (Å²) >= 11 is 0. The van der Waals surface area contributed by atoms with Crippen LogP contribution in [0.15, 0.2) is 29.2 Å². The summed E-state index contributed by atoms with van der Waals surface area (Å²) in [6.45, 7) is 3.38. The van der Waals surface area contributed by atoms with Crippen molar-refractivity contribution in [1.29, 1.82) is 0 Å². The number of sulfonamides is 1. The van der Waals surface area contributed by atoms with Crippen LogP contribution in [0.1, 0.15) is 12.8 Å². The minimum absolute atomic E-state index is 0.00505. The van der Waals surface area contributed by atoms with E-state index in [0.717, 1.165) is 28.6 Å². The van der Waals surface area contributed by atoms with Crippen molar-refractivity contribution in [2.45, 2.75) is 29.7 Å². The normalized spacial score (nSPS) is 25.1. The van der Waals surface area contributed by atoms with Crippen LogP contribution in [-0.2, 0) is 10.0 Å². The molecule has 1 saturated heterocycles. The molecule has 0 N–H and O–H groups in total. The lowest BCUT2D eigenvalue weighted by atomic mass is 10.0. The minimum Gasteiger partial charge on any atom is -0.208 e. The molecule has 19 heavy (non-hydrogen) atoms. The van der Waals surface area contributed by atoms with E-state index in [1.807, 2.05) is 0 Å². The van der Waals surface area contributed by atoms with E-state index in [2.05, 4.69) is 6.92 Å². The molecule has 0 aromatic heterocycles. The first-order valence-corrected chi connectivity index (χ1v) is 7.14. The topological polar surface area (TPSA) is 37.4 Å². The van der Waals surface area contributed by atoms with E-state index in [-0.39, 0.29) is 17.9 Å². The van der Waals surface area contributed by atoms with Crippen molar-refractivity contribution in [1.82, 2.24) is 4.31 Å². The monoisotopic (exact) mass is 292 g/mol. The molecule has 1 aromatic rings. The van der Waals surface area contributed by atoms with Crippen LogP contribution in [0, 0.1) is 12.7 Å². The van der Waals surface area contributed by atoms with Gasteiger partial charge in [-0.15, -0.1) is 0 Å². The molecule has 0 saturated carbocycles. The van der Waals surface area contributed by atoms with Crippen LogP contribution >= 0.6 is 0 Å². The molecule has 0 bridgehead atoms. The molecule has 0 amide bonds. The first kappa shape index (κ1) is 14.3. The van der Waals surface area contributed by atoms with Gasteiger partial charge < -0.3 is 0 Å². The maximum atomic E-state index is 13.1. The first-order valence-electron chi connectivity index (χ1n) is 5.70. The molecule has 7 heteroatoms. The molecule has 1 aliphatic heterocycles. The summed E-state index contributed by atoms with van der Waals surface area (Å²) in [5.41, 5.74) is -1.94. The van der Waals surface area contributed by atoms with Gasteiger partial charge >= 0.3 is 0 Å². The number of nitrogens with zero attached hydrogens (tertiary/aromatic N) is 1. The summed E-state index contributed by atoms with van der Waals surface area (Å²) in [5, 5.41) is 0. The van der Waals surface area contributed by atoms with Crippen molar-refractivity contribution in [3.05, 3.63) is 37.0 Å². The van der Waals surface area contributed by atoms with Gasteiger partial charge in [0.15, 0.2) is 0 Å². The number of hydrogen-bond donors (Lipinski definition) is 0. The van der Waals surface area contributed by atoms with Crippen LogP contribution in [0.25, 0.3) is 0 Å². The molecule has 1 aromatic carbocycles. The van der Waals surface area contributed by atoms with Gasteiger partial charge in [-0.05, 0) is 44.0 Å². The highest BCUT2D eigenvalue weighted by Crippen LogP contribution is 2.38. The molecule has 105 valence electrons. The lowest BCUT2D eigenvalue weighted by Crippen LogP contribution is -2.50. The third kappa shape index (κ3) is 2.36. The molecule has 1 heterocycles. The minimum atomic E-state index is -4.08. The second-order valence-electron chi connectivity index (χ2n) is 4.54. The Morgan fingerprint density at radius 2 is 1.84 bits per heavy atom. The summed E-state index contributed by atoms with van der Waals surface area (Å²) in [6, 6.07) is 4.09. The van der Waals surface area contributed by atoms with Crippen LogP contribution < -0.4 is 0 Å². The number of hydrogen-bond acceptors (Lipinski definition) is 2. The Kier molecular flexibility index (Phi) is 3.61. The summed E-state index contributed by atoms with van der Waals surface area (Å²) in [6.07, 6.45) is -2.54. The third-order valence-corrected chi connectivity index (χ3v) is 5.27. The van der Waals surface area contributed by atoms with Gasteiger partial charge in [-0.3, -0.25) is 0 Å². The van der Waals surface area contributed by atoms with Crippen molar-refractivity contribution in [2.24, 2.45) is 0 Å². The Balaban J connectivity index is 2.42. The standard InChI is InChI=1S/C12H13F3NO2S/c1-12(11(14)15)7-2-8-16(12)19(17,18)10-5-3-9(13)4-6-10/h3-6,11H,1-2,7-8H2/t12-/m0/s1. The predicted octanol–water partition coefficient (Wildman–Crippen LogP) is 2.45. The summed E-state index contributed by atoms with van der Waals surface area (Å²) in [7, 11) is -4.08. The van der Waals surface area contributed by atoms with Gasteiger partial charge in [-0.1, -0.05) is 0 Å². The molecular weight excluding hydrogens is 279 g/mol. The quantitative estimate of drug-likeness (QED) is 0.858. The smallest absolute Gasteiger partial charge is 0.208 e. The SMILES string of the molecule is [CH2][C@@]1(C(F)F)CCCN1S(=O)(=O)c1ccc(F)cc1. The Hall–Kier alpha value is -1.08. The van der Waals surface area contributed by atoms with Crippen LogP contribution in [0.5, 0.6) is 0 Å². The van der Waals surface area contributed by atoms with Crippen molar-refractivity contribution in [3.63, 3.8) is 0 Å². The molecule has 3 nitrogen and oxygen atoms in total. The van der Waals surface area contributed by atoms with Gasteiger partial charge in [0, 0.05) is 6.54 Å². The summed E-state index contributed by atoms with van der Waals surface area (Å²) < 4.78 is 64.2. The van der Waals surface area contributed by atoms with E-state index in [9.17, 15) is 21.6 Å². The van der Waals surface area contributed by atoms with E-state index in [4.69, 9.17) is 0 Å². The molecule has 0 aliphatic carbocycles. The molecule has 0 spiro atoms. The first-order chi connectivity index (χ1) is 8.78. The predicted molar refractivity (Wildman–Crippen MR) is 63.6 cm³/mol. The molecule has 0 unspecified atom stereocenters. The number of alkyl halides is 2. The van der Waals surface area contributed by atoms with Crippen LogP contribution in [0.4, 0.5) is 13.2 Å². The zero-order valence-electron chi connectivity index (χ0n) is 10.0. The second kappa shape index (κ2) is 4.79. The van der Waals surface area contributed by atoms with E-state index < -0.39 is 27.8 Å². The van der Waals surface area contributed by atoms with Crippen molar-refractivity contribution >= 4 is 10.0 Å². The van der Waals surface area contributed by atoms with Crippen molar-refractivity contribution in [2.75, 3.05) is 6.54 Å². The highest BCUT2D eigenvalue weighted by molar-refractivity contribution is 7.89. The summed E-state index contributed by atoms with van der Waals surface area (Å²) in [4.78, 5) is -0.204. The Morgan fingerprint density at radius 1 is 1.26 bits per heavy atom. The number of benzene rings is 1. The van der Waals surface area contributed by atoms with E-state index >= 15 is 0 Å². The van der Waals surface area contributed by atoms with Gasteiger partial charge in [-0.2, -0.15) is 4.31 Å². The van der Waals surface area contributed by atoms with Gasteiger partial charge in [0.1, 0.15) is 5.82 Å². The zero-order valence-corrected chi connectivity index (χ0v) is 10.8. The maximum absolute atomic E-state index is 13.1. The summed E-state index contributed by atoms with van der Waals surface area (Å²) in [5.74, 6) is -0.588. The Bertz CT molecular complexity index is 559. The van der Waals surface area contributed by atoms with E-state index in [1.54, 1.807) is 0 Å². The second-order valence-corrected chi connectivity index (χ2v) is 6.40. The average Bonchev–Trinajstić information content (AvgIpc) is 2.74. The average molecular weight is 292 g/mol. The fraction of sp³-hybridized carbons (Fsp3) is 0.417. The zero-order chi connectivity index (χ0) is 14.3. The fourth-order valence-electron chi connectivity index (χ4n) is 2.19. The fourth-order valence-corrected chi connectivity index (χ4v) is 3.94. The Labute approximate surface area is 110 Å². The van der Waals surface area contributed by atoms with Crippen LogP contribution in [-0.4, -0.2) is 31.2 Å². The van der Waals surface area contributed by atoms with Gasteiger partial charge in [0.2, 0.25) is 10.0 Å². The van der Waals surface area contributed by atoms with Gasteiger partial charge in [-0.25, -0.2) is 21.6 Å². The largest absolute Gasteiger partial charge is 0.257 e. The van der Waals surface area contributed by atoms with E-state index in [1.165, 1.54) is 0 Å². The van der Waals surface area contributed by atoms with E-state index in [0.29, 0.717) is 6.42 Å². The lowest BCUT2D eigenvalue weighted by molar-refractivity contribution is 0.0314. The molecule has 2 rings (SSSR count). The van der Waals surface area contributed by atoms with Crippen molar-refractivity contribution < 1.29 is 21.6 Å². The van der Waals surface area contributed by atoms with Gasteiger partial charge in [0.05, 0.1) is 10.4 Å². The lowest BCUT2D eigenvalue weighted by Gasteiger charge is -2.33. The Morgan fingerprint density at radius 3 is 2.37 bits per heavy atom. The van der Waals surface area contributed by atoms with Crippen molar-refractivity contribution in [3.8, 4) is 0 Å². The maximum Gasteiger partial charge on any atom is 0.257 e. The van der Waals surface area contributed by atoms with Gasteiger partial charge in [0.25, 0.3) is 6.43 Å². The molecule has 1 fully saturated rings. The molecular formula is C12H13F3NO2S. The molecule has 1 atom stereocenters. The highest BCUT2D eigenvalue weighted by atomic mass is 32.2. The van der Waals surface area contributed by atoms with Crippen LogP contribution in [0.3, 0.4) is 0 Å². The highest BCUT2D eigenvalue weighted by Gasteiger charge is 2.50. The third-order valence-electron chi connectivity index (χ3n) is 3.28. The number of halogens is 3. The molecule has 1 radical (unpaired) electrons.